The third kappa shape index (κ3) is 3.98. The molecule has 5 rings (SSSR count). The number of carbonyl (C=O) groups excluding carboxylic acids is 2. The number of amides is 1. The Balaban J connectivity index is 1.48. The van der Waals surface area contributed by atoms with Crippen molar-refractivity contribution in [3.63, 3.8) is 0 Å². The maximum atomic E-state index is 13.2. The molecule has 164 valence electrons. The zero-order valence-electron chi connectivity index (χ0n) is 17.4. The highest BCUT2D eigenvalue weighted by Crippen LogP contribution is 2.31. The average molecular weight is 442 g/mol. The number of anilines is 3. The molecule has 0 radical (unpaired) electrons. The molecule has 1 aliphatic rings. The normalized spacial score (nSPS) is 12.9. The number of aromatic nitrogens is 2. The number of H-pyrrole nitrogens is 1. The molecule has 0 unspecified atom stereocenters. The maximum Gasteiger partial charge on any atom is 0.261 e. The summed E-state index contributed by atoms with van der Waals surface area (Å²) in [4.78, 5) is 44.5. The fraction of sp³-hybridized carbons (Fsp3) is 0.120. The highest BCUT2D eigenvalue weighted by molar-refractivity contribution is 6.12. The van der Waals surface area contributed by atoms with E-state index in [0.717, 1.165) is 11.1 Å². The first kappa shape index (κ1) is 20.6. The Hall–Kier alpha value is -4.33. The standard InChI is InChI=1S/C25H19FN4O3/c26-14-4-6-15(7-5-14)28-21-8-9-22(19-13-27-11-10-16(19)21)30-25(33)18-12-17-20(29-24(18)32)2-1-3-23(17)31/h4-13,28H,1-3H2,(H,29,32)(H,30,33). The number of pyridine rings is 2. The van der Waals surface area contributed by atoms with Gasteiger partial charge >= 0.3 is 0 Å². The number of aryl methyl sites for hydroxylation is 1. The fourth-order valence-electron chi connectivity index (χ4n) is 4.03. The van der Waals surface area contributed by atoms with Crippen molar-refractivity contribution < 1.29 is 14.0 Å². The molecule has 0 bridgehead atoms. The summed E-state index contributed by atoms with van der Waals surface area (Å²) in [5, 5.41) is 7.44. The van der Waals surface area contributed by atoms with Gasteiger partial charge in [0.1, 0.15) is 11.4 Å². The number of rotatable bonds is 4. The lowest BCUT2D eigenvalue weighted by atomic mass is 9.93. The van der Waals surface area contributed by atoms with Crippen molar-refractivity contribution in [2.24, 2.45) is 0 Å². The number of halogens is 1. The Morgan fingerprint density at radius 3 is 2.58 bits per heavy atom. The van der Waals surface area contributed by atoms with E-state index in [2.05, 4.69) is 20.6 Å². The van der Waals surface area contributed by atoms with Crippen LogP contribution in [0.5, 0.6) is 0 Å². The molecular formula is C25H19FN4O3. The number of nitrogens with zero attached hydrogens (tertiary/aromatic N) is 1. The quantitative estimate of drug-likeness (QED) is 0.429. The molecule has 2 aromatic carbocycles. The van der Waals surface area contributed by atoms with Crippen molar-refractivity contribution in [3.05, 3.63) is 93.9 Å². The first-order chi connectivity index (χ1) is 16.0. The minimum Gasteiger partial charge on any atom is -0.355 e. The molecule has 2 aromatic heterocycles. The van der Waals surface area contributed by atoms with E-state index in [1.165, 1.54) is 18.2 Å². The van der Waals surface area contributed by atoms with Crippen molar-refractivity contribution in [2.45, 2.75) is 19.3 Å². The highest BCUT2D eigenvalue weighted by atomic mass is 19.1. The van der Waals surface area contributed by atoms with Crippen LogP contribution in [0, 0.1) is 5.82 Å². The highest BCUT2D eigenvalue weighted by Gasteiger charge is 2.22. The second-order valence-electron chi connectivity index (χ2n) is 7.85. The first-order valence-electron chi connectivity index (χ1n) is 10.5. The summed E-state index contributed by atoms with van der Waals surface area (Å²) in [5.74, 6) is -1.01. The molecule has 4 aromatic rings. The van der Waals surface area contributed by atoms with Crippen LogP contribution in [0.3, 0.4) is 0 Å². The molecule has 0 atom stereocenters. The largest absolute Gasteiger partial charge is 0.355 e. The van der Waals surface area contributed by atoms with Gasteiger partial charge in [-0.15, -0.1) is 0 Å². The van der Waals surface area contributed by atoms with Gasteiger partial charge in [0.25, 0.3) is 11.5 Å². The van der Waals surface area contributed by atoms with Gasteiger partial charge in [0.15, 0.2) is 5.78 Å². The van der Waals surface area contributed by atoms with Gasteiger partial charge in [-0.1, -0.05) is 0 Å². The summed E-state index contributed by atoms with van der Waals surface area (Å²) < 4.78 is 13.2. The topological polar surface area (TPSA) is 104 Å². The van der Waals surface area contributed by atoms with Gasteiger partial charge in [0.05, 0.1) is 5.69 Å². The molecule has 0 saturated carbocycles. The van der Waals surface area contributed by atoms with Crippen LogP contribution in [0.25, 0.3) is 10.8 Å². The average Bonchev–Trinajstić information content (AvgIpc) is 2.82. The summed E-state index contributed by atoms with van der Waals surface area (Å²) in [6.07, 6.45) is 4.94. The lowest BCUT2D eigenvalue weighted by Crippen LogP contribution is -2.27. The van der Waals surface area contributed by atoms with Crippen LogP contribution >= 0.6 is 0 Å². The second kappa shape index (κ2) is 8.31. The van der Waals surface area contributed by atoms with Crippen molar-refractivity contribution in [2.75, 3.05) is 10.6 Å². The second-order valence-corrected chi connectivity index (χ2v) is 7.85. The lowest BCUT2D eigenvalue weighted by Gasteiger charge is -2.16. The van der Waals surface area contributed by atoms with Crippen LogP contribution in [0.1, 0.15) is 39.3 Å². The van der Waals surface area contributed by atoms with E-state index in [1.807, 2.05) is 0 Å². The molecule has 7 nitrogen and oxygen atoms in total. The van der Waals surface area contributed by atoms with Gasteiger partial charge in [-0.25, -0.2) is 4.39 Å². The SMILES string of the molecule is O=C1CCCc2[nH]c(=O)c(C(=O)Nc3ccc(Nc4ccc(F)cc4)c4ccncc34)cc21. The number of aromatic amines is 1. The number of nitrogens with one attached hydrogen (secondary N) is 3. The zero-order valence-corrected chi connectivity index (χ0v) is 17.4. The number of hydrogen-bond donors (Lipinski definition) is 3. The Morgan fingerprint density at radius 2 is 1.76 bits per heavy atom. The van der Waals surface area contributed by atoms with E-state index in [9.17, 15) is 18.8 Å². The van der Waals surface area contributed by atoms with E-state index in [0.29, 0.717) is 47.3 Å². The summed E-state index contributed by atoms with van der Waals surface area (Å²) in [6, 6.07) is 12.6. The van der Waals surface area contributed by atoms with E-state index in [-0.39, 0.29) is 17.2 Å². The molecular weight excluding hydrogens is 423 g/mol. The number of benzene rings is 2. The van der Waals surface area contributed by atoms with Crippen molar-refractivity contribution in [3.8, 4) is 0 Å². The smallest absolute Gasteiger partial charge is 0.261 e. The molecule has 8 heteroatoms. The lowest BCUT2D eigenvalue weighted by molar-refractivity contribution is 0.0971. The zero-order chi connectivity index (χ0) is 22.9. The van der Waals surface area contributed by atoms with Crippen LogP contribution in [-0.2, 0) is 6.42 Å². The van der Waals surface area contributed by atoms with Crippen LogP contribution in [0.15, 0.2) is 65.7 Å². The predicted molar refractivity (Wildman–Crippen MR) is 124 cm³/mol. The monoisotopic (exact) mass is 442 g/mol. The van der Waals surface area contributed by atoms with Gasteiger partial charge in [0, 0.05) is 52.2 Å². The molecule has 1 aliphatic carbocycles. The first-order valence-corrected chi connectivity index (χ1v) is 10.5. The number of fused-ring (bicyclic) bond motifs is 2. The molecule has 0 saturated heterocycles. The van der Waals surface area contributed by atoms with E-state index in [4.69, 9.17) is 0 Å². The summed E-state index contributed by atoms with van der Waals surface area (Å²) in [5.41, 5.74) is 2.25. The Bertz CT molecular complexity index is 1460. The maximum absolute atomic E-state index is 13.2. The molecule has 0 aliphatic heterocycles. The van der Waals surface area contributed by atoms with Gasteiger partial charge in [-0.3, -0.25) is 19.4 Å². The molecule has 2 heterocycles. The molecule has 33 heavy (non-hydrogen) atoms. The Morgan fingerprint density at radius 1 is 0.970 bits per heavy atom. The number of ketones is 1. The fourth-order valence-corrected chi connectivity index (χ4v) is 4.03. The molecule has 1 amide bonds. The molecule has 3 N–H and O–H groups in total. The van der Waals surface area contributed by atoms with E-state index >= 15 is 0 Å². The molecule has 0 fully saturated rings. The van der Waals surface area contributed by atoms with E-state index < -0.39 is 11.5 Å². The van der Waals surface area contributed by atoms with Crippen LogP contribution in [0.4, 0.5) is 21.5 Å². The van der Waals surface area contributed by atoms with Gasteiger partial charge in [-0.05, 0) is 61.4 Å². The molecule has 0 spiro atoms. The minimum absolute atomic E-state index is 0.0765. The number of hydrogen-bond acceptors (Lipinski definition) is 5. The van der Waals surface area contributed by atoms with Gasteiger partial charge in [0.2, 0.25) is 0 Å². The Labute approximate surface area is 187 Å². The minimum atomic E-state index is -0.609. The van der Waals surface area contributed by atoms with Crippen molar-refractivity contribution in [1.29, 1.82) is 0 Å². The third-order valence-electron chi connectivity index (χ3n) is 5.69. The van der Waals surface area contributed by atoms with Crippen LogP contribution in [-0.4, -0.2) is 21.7 Å². The van der Waals surface area contributed by atoms with Crippen LogP contribution < -0.4 is 16.2 Å². The van der Waals surface area contributed by atoms with Gasteiger partial charge < -0.3 is 15.6 Å². The number of Topliss-reactive ketones (excluding diaryl/α,β-unsaturated/α-hetero) is 1. The Kier molecular flexibility index (Phi) is 5.18. The summed E-state index contributed by atoms with van der Waals surface area (Å²) >= 11 is 0. The van der Waals surface area contributed by atoms with Crippen LogP contribution in [0.2, 0.25) is 0 Å². The third-order valence-corrected chi connectivity index (χ3v) is 5.69. The van der Waals surface area contributed by atoms with Crippen molar-refractivity contribution in [1.82, 2.24) is 9.97 Å². The predicted octanol–water partition coefficient (Wildman–Crippen LogP) is 4.58. The van der Waals surface area contributed by atoms with E-state index in [1.54, 1.807) is 42.7 Å². The van der Waals surface area contributed by atoms with Gasteiger partial charge in [-0.2, -0.15) is 0 Å². The summed E-state index contributed by atoms with van der Waals surface area (Å²) in [6.45, 7) is 0. The van der Waals surface area contributed by atoms with Crippen molar-refractivity contribution >= 4 is 39.5 Å². The number of carbonyl (C=O) groups is 2. The summed E-state index contributed by atoms with van der Waals surface area (Å²) in [7, 11) is 0.